The molecule has 5 nitrogen and oxygen atoms in total. The smallest absolute Gasteiger partial charge is 0.339 e. The van der Waals surface area contributed by atoms with Gasteiger partial charge < -0.3 is 15.0 Å². The molecule has 6 heteroatoms. The summed E-state index contributed by atoms with van der Waals surface area (Å²) >= 11 is 3.27. The van der Waals surface area contributed by atoms with E-state index < -0.39 is 5.97 Å². The number of carbonyl (C=O) groups excluding carboxylic acids is 1. The highest BCUT2D eigenvalue weighted by Crippen LogP contribution is 2.20. The van der Waals surface area contributed by atoms with E-state index in [1.807, 2.05) is 0 Å². The first-order valence-corrected chi connectivity index (χ1v) is 6.75. The van der Waals surface area contributed by atoms with Gasteiger partial charge in [-0.2, -0.15) is 0 Å². The van der Waals surface area contributed by atoms with Crippen molar-refractivity contribution in [1.82, 2.24) is 4.57 Å². The lowest BCUT2D eigenvalue weighted by Crippen LogP contribution is -2.21. The molecule has 0 aliphatic heterocycles. The van der Waals surface area contributed by atoms with Gasteiger partial charge in [0, 0.05) is 22.4 Å². The van der Waals surface area contributed by atoms with Crippen molar-refractivity contribution in [2.75, 3.05) is 12.3 Å². The number of hydrogen-bond donors (Lipinski definition) is 1. The van der Waals surface area contributed by atoms with Gasteiger partial charge in [0.1, 0.15) is 6.61 Å². The molecule has 1 aromatic heterocycles. The van der Waals surface area contributed by atoms with Gasteiger partial charge in [0.2, 0.25) is 0 Å². The van der Waals surface area contributed by atoms with Crippen LogP contribution in [0.2, 0.25) is 0 Å². The molecule has 0 saturated carbocycles. The van der Waals surface area contributed by atoms with Crippen LogP contribution in [0.3, 0.4) is 0 Å². The summed E-state index contributed by atoms with van der Waals surface area (Å²) in [6.07, 6.45) is 1.65. The second kappa shape index (κ2) is 6.38. The third-order valence-corrected chi connectivity index (χ3v) is 3.37. The van der Waals surface area contributed by atoms with Gasteiger partial charge in [0.05, 0.1) is 12.1 Å². The lowest BCUT2D eigenvalue weighted by molar-refractivity contribution is 0.0489. The normalized spacial score (nSPS) is 10.2. The fourth-order valence-electron chi connectivity index (χ4n) is 1.66. The first-order valence-electron chi connectivity index (χ1n) is 5.95. The first kappa shape index (κ1) is 14.3. The lowest BCUT2D eigenvalue weighted by atomic mass is 10.2. The monoisotopic (exact) mass is 336 g/mol. The van der Waals surface area contributed by atoms with Crippen molar-refractivity contribution < 1.29 is 9.53 Å². The van der Waals surface area contributed by atoms with Crippen molar-refractivity contribution in [3.8, 4) is 0 Å². The Morgan fingerprint density at radius 1 is 1.30 bits per heavy atom. The second-order valence-corrected chi connectivity index (χ2v) is 4.96. The Labute approximate surface area is 124 Å². The molecule has 2 aromatic rings. The average molecular weight is 337 g/mol. The second-order valence-electron chi connectivity index (χ2n) is 4.11. The van der Waals surface area contributed by atoms with Gasteiger partial charge in [-0.15, -0.1) is 0 Å². The maximum absolute atomic E-state index is 11.9. The molecule has 0 radical (unpaired) electrons. The van der Waals surface area contributed by atoms with Crippen molar-refractivity contribution in [2.45, 2.75) is 6.54 Å². The number of nitrogen functional groups attached to an aromatic ring is 1. The molecule has 2 N–H and O–H groups in total. The van der Waals surface area contributed by atoms with E-state index in [1.165, 1.54) is 10.6 Å². The number of nitrogens with zero attached hydrogens (tertiary/aromatic N) is 1. The van der Waals surface area contributed by atoms with Crippen LogP contribution in [0.5, 0.6) is 0 Å². The molecule has 0 saturated heterocycles. The third-order valence-electron chi connectivity index (χ3n) is 2.67. The summed E-state index contributed by atoms with van der Waals surface area (Å²) in [6, 6.07) is 9.78. The molecule has 0 aliphatic carbocycles. The predicted molar refractivity (Wildman–Crippen MR) is 79.5 cm³/mol. The van der Waals surface area contributed by atoms with E-state index in [4.69, 9.17) is 10.5 Å². The van der Waals surface area contributed by atoms with Crippen molar-refractivity contribution in [3.05, 3.63) is 63.0 Å². The molecule has 0 bridgehead atoms. The molecule has 0 spiro atoms. The summed E-state index contributed by atoms with van der Waals surface area (Å²) in [4.78, 5) is 23.4. The van der Waals surface area contributed by atoms with E-state index in [2.05, 4.69) is 15.9 Å². The van der Waals surface area contributed by atoms with Gasteiger partial charge in [-0.05, 0) is 40.2 Å². The van der Waals surface area contributed by atoms with Crippen LogP contribution in [-0.2, 0) is 11.3 Å². The molecule has 2 rings (SSSR count). The summed E-state index contributed by atoms with van der Waals surface area (Å²) < 4.78 is 7.23. The number of benzene rings is 1. The number of esters is 1. The number of anilines is 1. The van der Waals surface area contributed by atoms with Crippen LogP contribution < -0.4 is 11.3 Å². The fraction of sp³-hybridized carbons (Fsp3) is 0.143. The van der Waals surface area contributed by atoms with Crippen molar-refractivity contribution >= 4 is 27.6 Å². The third kappa shape index (κ3) is 3.48. The molecule has 0 aliphatic rings. The lowest BCUT2D eigenvalue weighted by Gasteiger charge is -2.08. The SMILES string of the molecule is Nc1ccc(Br)c(C(=O)OCCn2ccccc2=O)c1. The number of ether oxygens (including phenoxy) is 1. The quantitative estimate of drug-likeness (QED) is 0.684. The van der Waals surface area contributed by atoms with E-state index >= 15 is 0 Å². The number of rotatable bonds is 4. The Morgan fingerprint density at radius 2 is 2.10 bits per heavy atom. The van der Waals surface area contributed by atoms with Crippen LogP contribution in [0.1, 0.15) is 10.4 Å². The standard InChI is InChI=1S/C14H13BrN2O3/c15-12-5-4-10(16)9-11(12)14(19)20-8-7-17-6-2-1-3-13(17)18/h1-6,9H,7-8,16H2. The minimum absolute atomic E-state index is 0.115. The van der Waals surface area contributed by atoms with Crippen LogP contribution in [0.15, 0.2) is 51.9 Å². The molecule has 104 valence electrons. The highest BCUT2D eigenvalue weighted by molar-refractivity contribution is 9.10. The van der Waals surface area contributed by atoms with Gasteiger partial charge in [0.15, 0.2) is 0 Å². The molecule has 0 amide bonds. The maximum Gasteiger partial charge on any atom is 0.339 e. The van der Waals surface area contributed by atoms with E-state index in [1.54, 1.807) is 36.5 Å². The highest BCUT2D eigenvalue weighted by Gasteiger charge is 2.11. The van der Waals surface area contributed by atoms with E-state index in [0.717, 1.165) is 0 Å². The van der Waals surface area contributed by atoms with Gasteiger partial charge in [-0.25, -0.2) is 4.79 Å². The summed E-state index contributed by atoms with van der Waals surface area (Å²) in [5.41, 5.74) is 6.35. The molecule has 20 heavy (non-hydrogen) atoms. The van der Waals surface area contributed by atoms with E-state index in [0.29, 0.717) is 22.3 Å². The number of pyridine rings is 1. The van der Waals surface area contributed by atoms with Crippen LogP contribution in [0.4, 0.5) is 5.69 Å². The van der Waals surface area contributed by atoms with E-state index in [-0.39, 0.29) is 12.2 Å². The van der Waals surface area contributed by atoms with Crippen LogP contribution >= 0.6 is 15.9 Å². The van der Waals surface area contributed by atoms with E-state index in [9.17, 15) is 9.59 Å². The minimum Gasteiger partial charge on any atom is -0.460 e. The van der Waals surface area contributed by atoms with Crippen molar-refractivity contribution in [3.63, 3.8) is 0 Å². The van der Waals surface area contributed by atoms with Gasteiger partial charge >= 0.3 is 5.97 Å². The molecule has 1 heterocycles. The van der Waals surface area contributed by atoms with Gasteiger partial charge in [0.25, 0.3) is 5.56 Å². The molecular weight excluding hydrogens is 324 g/mol. The van der Waals surface area contributed by atoms with Crippen LogP contribution in [0, 0.1) is 0 Å². The number of nitrogens with two attached hydrogens (primary N) is 1. The highest BCUT2D eigenvalue weighted by atomic mass is 79.9. The Kier molecular flexibility index (Phi) is 4.57. The zero-order valence-electron chi connectivity index (χ0n) is 10.6. The van der Waals surface area contributed by atoms with Crippen LogP contribution in [-0.4, -0.2) is 17.1 Å². The van der Waals surface area contributed by atoms with Gasteiger partial charge in [-0.1, -0.05) is 6.07 Å². The first-order chi connectivity index (χ1) is 9.58. The molecular formula is C14H13BrN2O3. The summed E-state index contributed by atoms with van der Waals surface area (Å²) in [5, 5.41) is 0. The fourth-order valence-corrected chi connectivity index (χ4v) is 2.07. The van der Waals surface area contributed by atoms with Gasteiger partial charge in [-0.3, -0.25) is 4.79 Å². The number of carbonyl (C=O) groups is 1. The maximum atomic E-state index is 11.9. The van der Waals surface area contributed by atoms with Crippen molar-refractivity contribution in [2.24, 2.45) is 0 Å². The predicted octanol–water partition coefficient (Wildman–Crippen LogP) is 2.05. The Balaban J connectivity index is 1.98. The van der Waals surface area contributed by atoms with Crippen molar-refractivity contribution in [1.29, 1.82) is 0 Å². The summed E-state index contributed by atoms with van der Waals surface area (Å²) in [5.74, 6) is -0.479. The number of halogens is 1. The Morgan fingerprint density at radius 3 is 2.85 bits per heavy atom. The zero-order valence-corrected chi connectivity index (χ0v) is 12.2. The number of aromatic nitrogens is 1. The minimum atomic E-state index is -0.479. The number of hydrogen-bond acceptors (Lipinski definition) is 4. The van der Waals surface area contributed by atoms with Crippen LogP contribution in [0.25, 0.3) is 0 Å². The summed E-state index contributed by atoms with van der Waals surface area (Å²) in [6.45, 7) is 0.426. The molecule has 1 aromatic carbocycles. The molecule has 0 unspecified atom stereocenters. The topological polar surface area (TPSA) is 74.3 Å². The molecule has 0 atom stereocenters. The Bertz CT molecular complexity index is 682. The summed E-state index contributed by atoms with van der Waals surface area (Å²) in [7, 11) is 0. The average Bonchev–Trinajstić information content (AvgIpc) is 2.43. The Hall–Kier alpha value is -2.08. The largest absolute Gasteiger partial charge is 0.460 e. The zero-order chi connectivity index (χ0) is 14.5. The molecule has 0 fully saturated rings.